The van der Waals surface area contributed by atoms with Crippen LogP contribution < -0.4 is 5.32 Å². The van der Waals surface area contributed by atoms with E-state index in [2.05, 4.69) is 21.9 Å². The van der Waals surface area contributed by atoms with Crippen LogP contribution in [0.5, 0.6) is 0 Å². The van der Waals surface area contributed by atoms with Crippen LogP contribution in [-0.4, -0.2) is 16.5 Å². The minimum absolute atomic E-state index is 0.503. The topological polar surface area (TPSA) is 37.8 Å². The number of rotatable bonds is 3. The molecule has 0 saturated carbocycles. The third kappa shape index (κ3) is 2.25. The summed E-state index contributed by atoms with van der Waals surface area (Å²) in [6, 6.07) is 7.80. The Morgan fingerprint density at radius 1 is 1.33 bits per heavy atom. The first-order valence-electron chi connectivity index (χ1n) is 4.54. The normalized spacial score (nSPS) is 10.2. The molecule has 76 valence electrons. The third-order valence-corrected chi connectivity index (χ3v) is 2.12. The molecule has 1 heterocycles. The number of nitrogens with zero attached hydrogens (tertiary/aromatic N) is 2. The second-order valence-corrected chi connectivity index (χ2v) is 3.64. The summed E-state index contributed by atoms with van der Waals surface area (Å²) in [5.41, 5.74) is 0.912. The lowest BCUT2D eigenvalue weighted by molar-refractivity contribution is 1.18. The number of hydrogen-bond acceptors (Lipinski definition) is 3. The molecular formula is C11H10ClN3. The highest BCUT2D eigenvalue weighted by Crippen LogP contribution is 2.18. The molecule has 0 amide bonds. The maximum absolute atomic E-state index is 5.68. The van der Waals surface area contributed by atoms with Crippen LogP contribution in [0.25, 0.3) is 10.9 Å². The van der Waals surface area contributed by atoms with Crippen LogP contribution in [0.4, 0.5) is 5.82 Å². The molecule has 0 aliphatic heterocycles. The molecule has 0 saturated heterocycles. The Balaban J connectivity index is 2.38. The van der Waals surface area contributed by atoms with E-state index in [4.69, 9.17) is 11.6 Å². The minimum Gasteiger partial charge on any atom is -0.365 e. The fourth-order valence-corrected chi connectivity index (χ4v) is 1.39. The lowest BCUT2D eigenvalue weighted by Crippen LogP contribution is -2.03. The van der Waals surface area contributed by atoms with E-state index in [0.717, 1.165) is 16.7 Å². The Morgan fingerprint density at radius 3 is 2.93 bits per heavy atom. The van der Waals surface area contributed by atoms with E-state index in [0.29, 0.717) is 11.6 Å². The van der Waals surface area contributed by atoms with Gasteiger partial charge in [0.05, 0.1) is 12.1 Å². The predicted molar refractivity (Wildman–Crippen MR) is 63.0 cm³/mol. The van der Waals surface area contributed by atoms with Crippen molar-refractivity contribution in [1.29, 1.82) is 0 Å². The number of benzene rings is 1. The number of para-hydroxylation sites is 1. The fraction of sp³-hybridized carbons (Fsp3) is 0.0909. The average Bonchev–Trinajstić information content (AvgIpc) is 2.26. The van der Waals surface area contributed by atoms with E-state index in [-0.39, 0.29) is 0 Å². The number of fused-ring (bicyclic) bond motifs is 1. The lowest BCUT2D eigenvalue weighted by Gasteiger charge is -2.06. The standard InChI is InChI=1S/C11H10ClN3/c1-8(12)6-13-11-9-4-2-3-5-10(9)14-7-15-11/h2-5,7H,1,6H2,(H,13,14,15). The molecule has 15 heavy (non-hydrogen) atoms. The van der Waals surface area contributed by atoms with Crippen molar-refractivity contribution in [3.05, 3.63) is 42.2 Å². The molecule has 0 aliphatic rings. The molecule has 3 nitrogen and oxygen atoms in total. The summed E-state index contributed by atoms with van der Waals surface area (Å²) in [6.45, 7) is 4.11. The Hall–Kier alpha value is -1.61. The Bertz CT molecular complexity index is 491. The van der Waals surface area contributed by atoms with E-state index in [1.54, 1.807) is 0 Å². The van der Waals surface area contributed by atoms with Gasteiger partial charge in [0.15, 0.2) is 0 Å². The molecule has 0 radical (unpaired) electrons. The predicted octanol–water partition coefficient (Wildman–Crippen LogP) is 2.79. The van der Waals surface area contributed by atoms with Crippen LogP contribution in [0.2, 0.25) is 0 Å². The minimum atomic E-state index is 0.503. The van der Waals surface area contributed by atoms with E-state index in [9.17, 15) is 0 Å². The lowest BCUT2D eigenvalue weighted by atomic mass is 10.2. The third-order valence-electron chi connectivity index (χ3n) is 1.99. The number of nitrogens with one attached hydrogen (secondary N) is 1. The molecule has 0 fully saturated rings. The van der Waals surface area contributed by atoms with Gasteiger partial charge >= 0.3 is 0 Å². The second-order valence-electron chi connectivity index (χ2n) is 3.11. The van der Waals surface area contributed by atoms with Crippen molar-refractivity contribution < 1.29 is 0 Å². The molecule has 1 aromatic heterocycles. The SMILES string of the molecule is C=C(Cl)CNc1ncnc2ccccc12. The van der Waals surface area contributed by atoms with Crippen molar-refractivity contribution in [2.75, 3.05) is 11.9 Å². The first-order valence-corrected chi connectivity index (χ1v) is 4.92. The molecule has 2 aromatic rings. The summed E-state index contributed by atoms with van der Waals surface area (Å²) < 4.78 is 0. The van der Waals surface area contributed by atoms with Gasteiger partial charge < -0.3 is 5.32 Å². The molecule has 0 spiro atoms. The van der Waals surface area contributed by atoms with Gasteiger partial charge in [0.2, 0.25) is 0 Å². The zero-order chi connectivity index (χ0) is 10.7. The van der Waals surface area contributed by atoms with E-state index >= 15 is 0 Å². The van der Waals surface area contributed by atoms with Crippen molar-refractivity contribution in [3.8, 4) is 0 Å². The van der Waals surface area contributed by atoms with Crippen LogP contribution in [0.3, 0.4) is 0 Å². The first kappa shape index (κ1) is 9.93. The molecule has 0 atom stereocenters. The summed E-state index contributed by atoms with van der Waals surface area (Å²) >= 11 is 5.68. The fourth-order valence-electron chi connectivity index (χ4n) is 1.33. The smallest absolute Gasteiger partial charge is 0.137 e. The number of hydrogen-bond donors (Lipinski definition) is 1. The number of halogens is 1. The largest absolute Gasteiger partial charge is 0.365 e. The molecule has 2 rings (SSSR count). The Kier molecular flexibility index (Phi) is 2.83. The summed E-state index contributed by atoms with van der Waals surface area (Å²) in [5, 5.41) is 4.64. The molecule has 4 heteroatoms. The van der Waals surface area contributed by atoms with E-state index in [1.165, 1.54) is 6.33 Å². The zero-order valence-electron chi connectivity index (χ0n) is 8.07. The van der Waals surface area contributed by atoms with Crippen LogP contribution in [0, 0.1) is 0 Å². The molecule has 1 aromatic carbocycles. The van der Waals surface area contributed by atoms with Gasteiger partial charge in [-0.25, -0.2) is 9.97 Å². The Morgan fingerprint density at radius 2 is 2.13 bits per heavy atom. The summed E-state index contributed by atoms with van der Waals surface area (Å²) in [4.78, 5) is 8.32. The molecule has 1 N–H and O–H groups in total. The van der Waals surface area contributed by atoms with Gasteiger partial charge in [-0.15, -0.1) is 0 Å². The van der Waals surface area contributed by atoms with E-state index in [1.807, 2.05) is 24.3 Å². The van der Waals surface area contributed by atoms with Gasteiger partial charge in [-0.3, -0.25) is 0 Å². The van der Waals surface area contributed by atoms with Gasteiger partial charge in [-0.05, 0) is 12.1 Å². The molecule has 0 unspecified atom stereocenters. The van der Waals surface area contributed by atoms with Gasteiger partial charge in [-0.1, -0.05) is 30.3 Å². The quantitative estimate of drug-likeness (QED) is 0.863. The van der Waals surface area contributed by atoms with Gasteiger partial charge in [0.1, 0.15) is 12.1 Å². The van der Waals surface area contributed by atoms with Gasteiger partial charge in [0, 0.05) is 10.4 Å². The highest BCUT2D eigenvalue weighted by Gasteiger charge is 2.01. The highest BCUT2D eigenvalue weighted by molar-refractivity contribution is 6.29. The second kappa shape index (κ2) is 4.28. The van der Waals surface area contributed by atoms with Crippen molar-refractivity contribution in [2.24, 2.45) is 0 Å². The van der Waals surface area contributed by atoms with Crippen molar-refractivity contribution >= 4 is 28.3 Å². The Labute approximate surface area is 92.8 Å². The number of anilines is 1. The maximum Gasteiger partial charge on any atom is 0.137 e. The van der Waals surface area contributed by atoms with Crippen molar-refractivity contribution in [1.82, 2.24) is 9.97 Å². The monoisotopic (exact) mass is 219 g/mol. The highest BCUT2D eigenvalue weighted by atomic mass is 35.5. The van der Waals surface area contributed by atoms with Crippen LogP contribution in [0.15, 0.2) is 42.2 Å². The maximum atomic E-state index is 5.68. The average molecular weight is 220 g/mol. The summed E-state index contributed by atoms with van der Waals surface area (Å²) in [7, 11) is 0. The summed E-state index contributed by atoms with van der Waals surface area (Å²) in [5.74, 6) is 0.780. The summed E-state index contributed by atoms with van der Waals surface area (Å²) in [6.07, 6.45) is 1.53. The van der Waals surface area contributed by atoms with Crippen molar-refractivity contribution in [2.45, 2.75) is 0 Å². The van der Waals surface area contributed by atoms with Gasteiger partial charge in [-0.2, -0.15) is 0 Å². The first-order chi connectivity index (χ1) is 7.27. The van der Waals surface area contributed by atoms with Crippen LogP contribution >= 0.6 is 11.6 Å². The molecule has 0 aliphatic carbocycles. The number of aromatic nitrogens is 2. The van der Waals surface area contributed by atoms with E-state index < -0.39 is 0 Å². The van der Waals surface area contributed by atoms with Crippen molar-refractivity contribution in [3.63, 3.8) is 0 Å². The molecular weight excluding hydrogens is 210 g/mol. The zero-order valence-corrected chi connectivity index (χ0v) is 8.83. The van der Waals surface area contributed by atoms with Crippen LogP contribution in [0.1, 0.15) is 0 Å². The van der Waals surface area contributed by atoms with Crippen LogP contribution in [-0.2, 0) is 0 Å². The van der Waals surface area contributed by atoms with Gasteiger partial charge in [0.25, 0.3) is 0 Å². The molecule has 0 bridgehead atoms.